The van der Waals surface area contributed by atoms with E-state index in [9.17, 15) is 19.2 Å². The Labute approximate surface area is 210 Å². The van der Waals surface area contributed by atoms with Crippen LogP contribution >= 0.6 is 0 Å². The molecule has 0 aromatic heterocycles. The van der Waals surface area contributed by atoms with Gasteiger partial charge in [0.15, 0.2) is 0 Å². The molecular weight excluding hydrogens is 450 g/mol. The first-order valence-corrected chi connectivity index (χ1v) is 13.0. The van der Waals surface area contributed by atoms with Crippen LogP contribution in [0.2, 0.25) is 0 Å². The van der Waals surface area contributed by atoms with Gasteiger partial charge in [-0.2, -0.15) is 0 Å². The lowest BCUT2D eigenvalue weighted by atomic mass is 9.85. The maximum atomic E-state index is 12.9. The van der Waals surface area contributed by atoms with Crippen molar-refractivity contribution >= 4 is 23.9 Å². The molecule has 0 radical (unpaired) electrons. The maximum Gasteiger partial charge on any atom is 0.410 e. The molecule has 2 rings (SSSR count). The summed E-state index contributed by atoms with van der Waals surface area (Å²) >= 11 is 0. The minimum absolute atomic E-state index is 0.0257. The summed E-state index contributed by atoms with van der Waals surface area (Å²) in [6, 6.07) is 0. The zero-order valence-electron chi connectivity index (χ0n) is 22.5. The smallest absolute Gasteiger partial charge is 0.410 e. The van der Waals surface area contributed by atoms with E-state index in [1.54, 1.807) is 30.6 Å². The van der Waals surface area contributed by atoms with Crippen molar-refractivity contribution in [1.29, 1.82) is 0 Å². The number of esters is 1. The summed E-state index contributed by atoms with van der Waals surface area (Å²) in [5.41, 5.74) is -1.04. The summed E-state index contributed by atoms with van der Waals surface area (Å²) in [6.07, 6.45) is 5.20. The van der Waals surface area contributed by atoms with Gasteiger partial charge in [0.25, 0.3) is 0 Å². The van der Waals surface area contributed by atoms with Crippen LogP contribution in [0.4, 0.5) is 4.79 Å². The molecular formula is C26H45N3O6. The standard InChI is InChI=1S/C26H45N3O6/c1-25(2,3)34-22(31)11-14-27-21(30)18-29-15-7-8-20(23(29)32)10-9-19-12-16-28(17-13-19)24(33)35-26(4,5)6/h19-20H,7-18H2,1-6H3,(H,27,30)/t20-/m1/s1. The SMILES string of the molecule is CC(C)(C)OC(=O)CCNC(=O)CN1CCC[C@H](CCC2CCN(C(=O)OC(C)(C)C)CC2)C1=O. The number of amides is 3. The predicted octanol–water partition coefficient (Wildman–Crippen LogP) is 3.50. The van der Waals surface area contributed by atoms with Crippen molar-refractivity contribution in [3.8, 4) is 0 Å². The second kappa shape index (κ2) is 12.6. The molecule has 0 saturated carbocycles. The monoisotopic (exact) mass is 495 g/mol. The normalized spacial score (nSPS) is 19.9. The average molecular weight is 496 g/mol. The van der Waals surface area contributed by atoms with E-state index in [1.807, 2.05) is 20.8 Å². The van der Waals surface area contributed by atoms with Gasteiger partial charge in [-0.1, -0.05) is 0 Å². The molecule has 9 nitrogen and oxygen atoms in total. The molecule has 35 heavy (non-hydrogen) atoms. The molecule has 1 N–H and O–H groups in total. The molecule has 2 heterocycles. The lowest BCUT2D eigenvalue weighted by Gasteiger charge is -2.35. The van der Waals surface area contributed by atoms with Crippen molar-refractivity contribution < 1.29 is 28.7 Å². The fourth-order valence-corrected chi connectivity index (χ4v) is 4.54. The molecule has 0 aromatic carbocycles. The number of likely N-dealkylation sites (tertiary alicyclic amines) is 2. The number of piperidine rings is 2. The topological polar surface area (TPSA) is 105 Å². The van der Waals surface area contributed by atoms with E-state index in [4.69, 9.17) is 9.47 Å². The van der Waals surface area contributed by atoms with E-state index < -0.39 is 11.2 Å². The Morgan fingerprint density at radius 3 is 2.14 bits per heavy atom. The first kappa shape index (κ1) is 28.9. The summed E-state index contributed by atoms with van der Waals surface area (Å²) in [5.74, 6) is -0.124. The average Bonchev–Trinajstić information content (AvgIpc) is 2.72. The van der Waals surface area contributed by atoms with Gasteiger partial charge in [0.05, 0.1) is 13.0 Å². The number of hydrogen-bond acceptors (Lipinski definition) is 6. The molecule has 0 aliphatic carbocycles. The minimum Gasteiger partial charge on any atom is -0.460 e. The number of carbonyl (C=O) groups is 4. The first-order chi connectivity index (χ1) is 16.2. The van der Waals surface area contributed by atoms with Crippen LogP contribution in [-0.4, -0.2) is 77.6 Å². The summed E-state index contributed by atoms with van der Waals surface area (Å²) in [6.45, 7) is 13.2. The molecule has 0 bridgehead atoms. The zero-order valence-corrected chi connectivity index (χ0v) is 22.5. The molecule has 0 spiro atoms. The van der Waals surface area contributed by atoms with Gasteiger partial charge >= 0.3 is 12.1 Å². The van der Waals surface area contributed by atoms with Crippen LogP contribution < -0.4 is 5.32 Å². The zero-order chi connectivity index (χ0) is 26.2. The molecule has 2 aliphatic heterocycles. The molecule has 2 fully saturated rings. The molecule has 0 aromatic rings. The number of hydrogen-bond donors (Lipinski definition) is 1. The lowest BCUT2D eigenvalue weighted by Crippen LogP contribution is -2.47. The molecule has 200 valence electrons. The quantitative estimate of drug-likeness (QED) is 0.517. The Balaban J connectivity index is 1.69. The number of rotatable bonds is 8. The second-order valence-electron chi connectivity index (χ2n) is 11.8. The lowest BCUT2D eigenvalue weighted by molar-refractivity contribution is -0.154. The molecule has 2 saturated heterocycles. The van der Waals surface area contributed by atoms with Gasteiger partial charge in [-0.25, -0.2) is 4.79 Å². The Morgan fingerprint density at radius 2 is 1.54 bits per heavy atom. The van der Waals surface area contributed by atoms with E-state index in [0.717, 1.165) is 38.5 Å². The van der Waals surface area contributed by atoms with E-state index in [0.29, 0.717) is 25.6 Å². The number of nitrogens with one attached hydrogen (secondary N) is 1. The van der Waals surface area contributed by atoms with Crippen molar-refractivity contribution in [2.24, 2.45) is 11.8 Å². The fraction of sp³-hybridized carbons (Fsp3) is 0.846. The van der Waals surface area contributed by atoms with Gasteiger partial charge in [0, 0.05) is 32.1 Å². The third-order valence-corrected chi connectivity index (χ3v) is 6.24. The molecule has 1 atom stereocenters. The Hall–Kier alpha value is -2.32. The van der Waals surface area contributed by atoms with E-state index in [2.05, 4.69) is 5.32 Å². The van der Waals surface area contributed by atoms with E-state index >= 15 is 0 Å². The van der Waals surface area contributed by atoms with E-state index in [1.165, 1.54) is 0 Å². The van der Waals surface area contributed by atoms with Gasteiger partial charge in [-0.15, -0.1) is 0 Å². The third-order valence-electron chi connectivity index (χ3n) is 6.24. The van der Waals surface area contributed by atoms with Crippen molar-refractivity contribution in [1.82, 2.24) is 15.1 Å². The summed E-state index contributed by atoms with van der Waals surface area (Å²) in [5, 5.41) is 2.72. The van der Waals surface area contributed by atoms with Crippen LogP contribution in [0, 0.1) is 11.8 Å². The van der Waals surface area contributed by atoms with Crippen LogP contribution in [-0.2, 0) is 23.9 Å². The predicted molar refractivity (Wildman–Crippen MR) is 133 cm³/mol. The largest absolute Gasteiger partial charge is 0.460 e. The van der Waals surface area contributed by atoms with Crippen molar-refractivity contribution in [2.45, 2.75) is 97.7 Å². The number of ether oxygens (including phenoxy) is 2. The van der Waals surface area contributed by atoms with Crippen molar-refractivity contribution in [2.75, 3.05) is 32.7 Å². The minimum atomic E-state index is -0.550. The molecule has 3 amide bonds. The summed E-state index contributed by atoms with van der Waals surface area (Å²) in [7, 11) is 0. The Kier molecular flexibility index (Phi) is 10.4. The Morgan fingerprint density at radius 1 is 0.914 bits per heavy atom. The highest BCUT2D eigenvalue weighted by molar-refractivity contribution is 5.86. The molecule has 2 aliphatic rings. The van der Waals surface area contributed by atoms with Crippen molar-refractivity contribution in [3.05, 3.63) is 0 Å². The second-order valence-corrected chi connectivity index (χ2v) is 11.8. The third kappa shape index (κ3) is 10.9. The maximum absolute atomic E-state index is 12.9. The van der Waals surface area contributed by atoms with Gasteiger partial charge in [0.2, 0.25) is 11.8 Å². The summed E-state index contributed by atoms with van der Waals surface area (Å²) in [4.78, 5) is 52.7. The molecule has 9 heteroatoms. The van der Waals surface area contributed by atoms with Gasteiger partial charge in [-0.05, 0) is 86.0 Å². The van der Waals surface area contributed by atoms with E-state index in [-0.39, 0.29) is 49.3 Å². The van der Waals surface area contributed by atoms with Gasteiger partial charge in [0.1, 0.15) is 11.2 Å². The highest BCUT2D eigenvalue weighted by atomic mass is 16.6. The number of nitrogens with zero attached hydrogens (tertiary/aromatic N) is 2. The highest BCUT2D eigenvalue weighted by Crippen LogP contribution is 2.29. The van der Waals surface area contributed by atoms with Gasteiger partial charge in [-0.3, -0.25) is 14.4 Å². The van der Waals surface area contributed by atoms with Crippen LogP contribution in [0.3, 0.4) is 0 Å². The number of carbonyl (C=O) groups excluding carboxylic acids is 4. The summed E-state index contributed by atoms with van der Waals surface area (Å²) < 4.78 is 10.7. The van der Waals surface area contributed by atoms with Crippen LogP contribution in [0.25, 0.3) is 0 Å². The fourth-order valence-electron chi connectivity index (χ4n) is 4.54. The van der Waals surface area contributed by atoms with Crippen LogP contribution in [0.15, 0.2) is 0 Å². The first-order valence-electron chi connectivity index (χ1n) is 13.0. The Bertz CT molecular complexity index is 747. The van der Waals surface area contributed by atoms with Gasteiger partial charge < -0.3 is 24.6 Å². The van der Waals surface area contributed by atoms with Crippen molar-refractivity contribution in [3.63, 3.8) is 0 Å². The van der Waals surface area contributed by atoms with Crippen LogP contribution in [0.1, 0.15) is 86.5 Å². The van der Waals surface area contributed by atoms with Crippen LogP contribution in [0.5, 0.6) is 0 Å². The molecule has 0 unspecified atom stereocenters. The highest BCUT2D eigenvalue weighted by Gasteiger charge is 2.32.